The predicted molar refractivity (Wildman–Crippen MR) is 84.4 cm³/mol. The van der Waals surface area contributed by atoms with Crippen molar-refractivity contribution in [1.29, 1.82) is 0 Å². The average molecular weight is 309 g/mol. The van der Waals surface area contributed by atoms with Crippen molar-refractivity contribution in [2.24, 2.45) is 17.0 Å². The first-order valence-electron chi connectivity index (χ1n) is 8.10. The van der Waals surface area contributed by atoms with Gasteiger partial charge in [0.2, 0.25) is 11.5 Å². The monoisotopic (exact) mass is 309 g/mol. The second-order valence-electron chi connectivity index (χ2n) is 6.96. The molecular formula is C16H27N3O3. The van der Waals surface area contributed by atoms with Crippen LogP contribution < -0.4 is 5.32 Å². The normalized spacial score (nSPS) is 25.9. The van der Waals surface area contributed by atoms with Crippen LogP contribution in [-0.2, 0) is 14.4 Å². The van der Waals surface area contributed by atoms with Gasteiger partial charge in [0, 0.05) is 32.0 Å². The molecule has 0 aromatic rings. The molecule has 0 spiro atoms. The Balaban J connectivity index is 1.73. The van der Waals surface area contributed by atoms with E-state index < -0.39 is 5.60 Å². The van der Waals surface area contributed by atoms with Gasteiger partial charge in [-0.05, 0) is 32.6 Å². The van der Waals surface area contributed by atoms with Crippen LogP contribution in [0, 0.1) is 11.8 Å². The van der Waals surface area contributed by atoms with Crippen molar-refractivity contribution < 1.29 is 14.4 Å². The number of piperidine rings is 1. The molecule has 2 aliphatic heterocycles. The highest BCUT2D eigenvalue weighted by molar-refractivity contribution is 5.94. The van der Waals surface area contributed by atoms with E-state index in [1.807, 2.05) is 25.7 Å². The van der Waals surface area contributed by atoms with Gasteiger partial charge in [0.25, 0.3) is 5.91 Å². The number of nitrogens with one attached hydrogen (secondary N) is 1. The second-order valence-corrected chi connectivity index (χ2v) is 6.96. The Morgan fingerprint density at radius 2 is 2.05 bits per heavy atom. The van der Waals surface area contributed by atoms with Crippen molar-refractivity contribution in [3.8, 4) is 0 Å². The Hall–Kier alpha value is -1.59. The van der Waals surface area contributed by atoms with Gasteiger partial charge < -0.3 is 15.1 Å². The van der Waals surface area contributed by atoms with Crippen LogP contribution in [0.5, 0.6) is 0 Å². The topological polar surface area (TPSA) is 71.0 Å². The summed E-state index contributed by atoms with van der Waals surface area (Å²) < 4.78 is 0. The third-order valence-electron chi connectivity index (χ3n) is 4.45. The van der Waals surface area contributed by atoms with Gasteiger partial charge in [-0.25, -0.2) is 0 Å². The van der Waals surface area contributed by atoms with E-state index in [1.165, 1.54) is 0 Å². The summed E-state index contributed by atoms with van der Waals surface area (Å²) in [6.45, 7) is 9.70. The van der Waals surface area contributed by atoms with Crippen molar-refractivity contribution in [3.63, 3.8) is 0 Å². The molecule has 2 heterocycles. The van der Waals surface area contributed by atoms with E-state index >= 15 is 0 Å². The van der Waals surface area contributed by atoms with Gasteiger partial charge in [0.1, 0.15) is 0 Å². The highest BCUT2D eigenvalue weighted by atomic mass is 16.7. The molecule has 2 aliphatic rings. The summed E-state index contributed by atoms with van der Waals surface area (Å²) in [7, 11) is 0. The lowest BCUT2D eigenvalue weighted by atomic mass is 9.94. The zero-order chi connectivity index (χ0) is 16.3. The molecule has 1 unspecified atom stereocenters. The maximum Gasteiger partial charge on any atom is 0.267 e. The Morgan fingerprint density at radius 3 is 2.55 bits per heavy atom. The fourth-order valence-corrected chi connectivity index (χ4v) is 3.00. The zero-order valence-electron chi connectivity index (χ0n) is 14.0. The molecule has 6 nitrogen and oxygen atoms in total. The van der Waals surface area contributed by atoms with E-state index in [4.69, 9.17) is 4.84 Å². The summed E-state index contributed by atoms with van der Waals surface area (Å²) in [5.74, 6) is 0.599. The third-order valence-corrected chi connectivity index (χ3v) is 4.45. The van der Waals surface area contributed by atoms with Crippen LogP contribution in [0.3, 0.4) is 0 Å². The lowest BCUT2D eigenvalue weighted by Gasteiger charge is -2.33. The number of likely N-dealkylation sites (tertiary alicyclic amines) is 1. The van der Waals surface area contributed by atoms with Gasteiger partial charge >= 0.3 is 0 Å². The van der Waals surface area contributed by atoms with Crippen LogP contribution in [0.25, 0.3) is 0 Å². The molecule has 0 saturated carbocycles. The third kappa shape index (κ3) is 3.78. The number of hydrogen-bond acceptors (Lipinski definition) is 4. The SMILES string of the molecule is CC1=NOC(C)(C(=O)NCC2CCN(C(=O)C(C)C)CC2)C1. The Morgan fingerprint density at radius 1 is 1.41 bits per heavy atom. The molecule has 0 aromatic heterocycles. The van der Waals surface area contributed by atoms with Crippen LogP contribution in [-0.4, -0.2) is 47.7 Å². The maximum atomic E-state index is 12.2. The predicted octanol–water partition coefficient (Wildman–Crippen LogP) is 1.55. The quantitative estimate of drug-likeness (QED) is 0.856. The molecule has 0 radical (unpaired) electrons. The highest BCUT2D eigenvalue weighted by Crippen LogP contribution is 2.24. The molecule has 1 saturated heterocycles. The van der Waals surface area contributed by atoms with E-state index in [2.05, 4.69) is 10.5 Å². The van der Waals surface area contributed by atoms with Crippen LogP contribution in [0.15, 0.2) is 5.16 Å². The number of nitrogens with zero attached hydrogens (tertiary/aromatic N) is 2. The van der Waals surface area contributed by atoms with Crippen LogP contribution in [0.4, 0.5) is 0 Å². The lowest BCUT2D eigenvalue weighted by Crippen LogP contribution is -2.48. The van der Waals surface area contributed by atoms with Crippen LogP contribution in [0.1, 0.15) is 47.0 Å². The van der Waals surface area contributed by atoms with Crippen molar-refractivity contribution in [3.05, 3.63) is 0 Å². The summed E-state index contributed by atoms with van der Waals surface area (Å²) in [6, 6.07) is 0. The van der Waals surface area contributed by atoms with Gasteiger partial charge in [0.05, 0.1) is 5.71 Å². The molecule has 0 aliphatic carbocycles. The molecule has 6 heteroatoms. The minimum atomic E-state index is -0.863. The largest absolute Gasteiger partial charge is 0.379 e. The Bertz CT molecular complexity index is 467. The smallest absolute Gasteiger partial charge is 0.267 e. The fourth-order valence-electron chi connectivity index (χ4n) is 3.00. The fraction of sp³-hybridized carbons (Fsp3) is 0.812. The van der Waals surface area contributed by atoms with Gasteiger partial charge in [-0.15, -0.1) is 0 Å². The average Bonchev–Trinajstić information content (AvgIpc) is 2.85. The summed E-state index contributed by atoms with van der Waals surface area (Å²) in [5, 5.41) is 6.84. The van der Waals surface area contributed by atoms with E-state index in [0.29, 0.717) is 18.9 Å². The number of hydrogen-bond donors (Lipinski definition) is 1. The molecule has 0 bridgehead atoms. The lowest BCUT2D eigenvalue weighted by molar-refractivity contribution is -0.142. The molecule has 2 amide bonds. The second kappa shape index (κ2) is 6.67. The summed E-state index contributed by atoms with van der Waals surface area (Å²) in [6.07, 6.45) is 2.41. The number of amides is 2. The van der Waals surface area contributed by atoms with E-state index in [0.717, 1.165) is 31.6 Å². The molecule has 2 rings (SSSR count). The van der Waals surface area contributed by atoms with E-state index in [-0.39, 0.29) is 17.7 Å². The summed E-state index contributed by atoms with van der Waals surface area (Å²) >= 11 is 0. The van der Waals surface area contributed by atoms with Gasteiger partial charge in [-0.1, -0.05) is 19.0 Å². The first-order chi connectivity index (χ1) is 10.3. The molecule has 22 heavy (non-hydrogen) atoms. The minimum Gasteiger partial charge on any atom is -0.379 e. The molecular weight excluding hydrogens is 282 g/mol. The Labute approximate surface area is 132 Å². The highest BCUT2D eigenvalue weighted by Gasteiger charge is 2.40. The van der Waals surface area contributed by atoms with Crippen molar-refractivity contribution in [2.45, 2.75) is 52.6 Å². The number of oxime groups is 1. The zero-order valence-corrected chi connectivity index (χ0v) is 14.0. The van der Waals surface area contributed by atoms with Crippen molar-refractivity contribution in [2.75, 3.05) is 19.6 Å². The minimum absolute atomic E-state index is 0.0546. The Kier molecular flexibility index (Phi) is 5.08. The number of carbonyl (C=O) groups is 2. The number of carbonyl (C=O) groups excluding carboxylic acids is 2. The molecule has 1 fully saturated rings. The van der Waals surface area contributed by atoms with Crippen molar-refractivity contribution >= 4 is 17.5 Å². The van der Waals surface area contributed by atoms with Gasteiger partial charge in [-0.2, -0.15) is 0 Å². The first kappa shape index (κ1) is 16.8. The van der Waals surface area contributed by atoms with E-state index in [1.54, 1.807) is 6.92 Å². The first-order valence-corrected chi connectivity index (χ1v) is 8.10. The standard InChI is InChI=1S/C16H27N3O3/c1-11(2)14(20)19-7-5-13(6-8-19)10-17-15(21)16(4)9-12(3)18-22-16/h11,13H,5-10H2,1-4H3,(H,17,21). The van der Waals surface area contributed by atoms with Gasteiger partial charge in [0.15, 0.2) is 0 Å². The molecule has 1 N–H and O–H groups in total. The van der Waals surface area contributed by atoms with Gasteiger partial charge in [-0.3, -0.25) is 9.59 Å². The molecule has 0 aromatic carbocycles. The molecule has 1 atom stereocenters. The summed E-state index contributed by atoms with van der Waals surface area (Å²) in [5.41, 5.74) is -0.0172. The molecule has 124 valence electrons. The summed E-state index contributed by atoms with van der Waals surface area (Å²) in [4.78, 5) is 31.4. The van der Waals surface area contributed by atoms with E-state index in [9.17, 15) is 9.59 Å². The number of rotatable bonds is 4. The maximum absolute atomic E-state index is 12.2. The van der Waals surface area contributed by atoms with Crippen molar-refractivity contribution in [1.82, 2.24) is 10.2 Å². The van der Waals surface area contributed by atoms with Crippen LogP contribution >= 0.6 is 0 Å². The van der Waals surface area contributed by atoms with Crippen LogP contribution in [0.2, 0.25) is 0 Å².